The lowest BCUT2D eigenvalue weighted by Crippen LogP contribution is -2.11. The Labute approximate surface area is 227 Å². The standard InChI is InChI=1S/C33H41NO4/c1-4-6-7-8-9-10-21-34-29-18-15-25(16-19-29)30-20-17-28(32(35)36)22-31(30)26-11-13-27(14-12-26)33(37)38-23-24(3)5-2/h11-20,22,24,34H,4-10,21,23H2,1-3H3,(H,35,36)/t24-/m0/s1. The van der Waals surface area contributed by atoms with Gasteiger partial charge < -0.3 is 15.2 Å². The monoisotopic (exact) mass is 515 g/mol. The number of aromatic carboxylic acids is 1. The quantitative estimate of drug-likeness (QED) is 0.156. The van der Waals surface area contributed by atoms with Crippen molar-refractivity contribution >= 4 is 17.6 Å². The Kier molecular flexibility index (Phi) is 11.4. The predicted molar refractivity (Wildman–Crippen MR) is 156 cm³/mol. The fourth-order valence-corrected chi connectivity index (χ4v) is 4.28. The van der Waals surface area contributed by atoms with Crippen LogP contribution in [0.2, 0.25) is 0 Å². The van der Waals surface area contributed by atoms with Crippen LogP contribution in [0.1, 0.15) is 86.4 Å². The van der Waals surface area contributed by atoms with Gasteiger partial charge >= 0.3 is 11.9 Å². The van der Waals surface area contributed by atoms with Crippen molar-refractivity contribution < 1.29 is 19.4 Å². The Balaban J connectivity index is 1.74. The van der Waals surface area contributed by atoms with E-state index in [9.17, 15) is 14.7 Å². The molecular formula is C33H41NO4. The van der Waals surface area contributed by atoms with Crippen LogP contribution in [0.15, 0.2) is 66.7 Å². The molecule has 0 aliphatic rings. The van der Waals surface area contributed by atoms with E-state index in [1.165, 1.54) is 32.1 Å². The van der Waals surface area contributed by atoms with Crippen molar-refractivity contribution in [2.24, 2.45) is 5.92 Å². The average molecular weight is 516 g/mol. The summed E-state index contributed by atoms with van der Waals surface area (Å²) >= 11 is 0. The fraction of sp³-hybridized carbons (Fsp3) is 0.394. The van der Waals surface area contributed by atoms with Crippen molar-refractivity contribution in [2.75, 3.05) is 18.5 Å². The van der Waals surface area contributed by atoms with Crippen LogP contribution < -0.4 is 5.32 Å². The summed E-state index contributed by atoms with van der Waals surface area (Å²) in [5.74, 6) is -1.01. The van der Waals surface area contributed by atoms with Gasteiger partial charge in [0.1, 0.15) is 0 Å². The van der Waals surface area contributed by atoms with Crippen LogP contribution in [0.25, 0.3) is 22.3 Å². The summed E-state index contributed by atoms with van der Waals surface area (Å²) < 4.78 is 5.42. The van der Waals surface area contributed by atoms with E-state index in [2.05, 4.69) is 43.4 Å². The van der Waals surface area contributed by atoms with Gasteiger partial charge in [0.25, 0.3) is 0 Å². The first-order chi connectivity index (χ1) is 18.4. The van der Waals surface area contributed by atoms with Gasteiger partial charge in [-0.25, -0.2) is 9.59 Å². The molecule has 0 bridgehead atoms. The molecule has 0 fully saturated rings. The maximum absolute atomic E-state index is 12.4. The van der Waals surface area contributed by atoms with E-state index < -0.39 is 5.97 Å². The molecule has 2 N–H and O–H groups in total. The minimum Gasteiger partial charge on any atom is -0.478 e. The van der Waals surface area contributed by atoms with Crippen molar-refractivity contribution in [2.45, 2.75) is 65.7 Å². The number of carbonyl (C=O) groups excluding carboxylic acids is 1. The van der Waals surface area contributed by atoms with Crippen molar-refractivity contribution in [1.29, 1.82) is 0 Å². The number of nitrogens with one attached hydrogen (secondary N) is 1. The zero-order valence-electron chi connectivity index (χ0n) is 23.0. The molecule has 5 heteroatoms. The number of benzene rings is 3. The molecule has 3 aromatic rings. The van der Waals surface area contributed by atoms with Crippen molar-refractivity contribution in [1.82, 2.24) is 0 Å². The third-order valence-corrected chi connectivity index (χ3v) is 6.95. The zero-order valence-corrected chi connectivity index (χ0v) is 23.0. The molecule has 0 heterocycles. The van der Waals surface area contributed by atoms with E-state index in [1.807, 2.05) is 25.1 Å². The Morgan fingerprint density at radius 3 is 2.05 bits per heavy atom. The van der Waals surface area contributed by atoms with E-state index in [1.54, 1.807) is 24.3 Å². The van der Waals surface area contributed by atoms with Crippen LogP contribution in [0.4, 0.5) is 5.69 Å². The Morgan fingerprint density at radius 1 is 0.789 bits per heavy atom. The van der Waals surface area contributed by atoms with Crippen LogP contribution >= 0.6 is 0 Å². The Bertz CT molecular complexity index is 1170. The minimum atomic E-state index is -0.975. The number of carboxylic acid groups (broad SMARTS) is 1. The lowest BCUT2D eigenvalue weighted by atomic mass is 9.92. The van der Waals surface area contributed by atoms with Gasteiger partial charge in [-0.3, -0.25) is 0 Å². The number of hydrogen-bond acceptors (Lipinski definition) is 4. The highest BCUT2D eigenvalue weighted by atomic mass is 16.5. The third-order valence-electron chi connectivity index (χ3n) is 6.95. The van der Waals surface area contributed by atoms with Gasteiger partial charge in [-0.05, 0) is 71.0 Å². The molecule has 1 atom stereocenters. The average Bonchev–Trinajstić information content (AvgIpc) is 2.95. The number of esters is 1. The molecule has 0 aromatic heterocycles. The lowest BCUT2D eigenvalue weighted by molar-refractivity contribution is 0.0447. The zero-order chi connectivity index (χ0) is 27.3. The number of carboxylic acids is 1. The molecule has 3 aromatic carbocycles. The molecule has 0 amide bonds. The number of ether oxygens (including phenoxy) is 1. The summed E-state index contributed by atoms with van der Waals surface area (Å²) in [4.78, 5) is 24.1. The Hall–Kier alpha value is -3.60. The summed E-state index contributed by atoms with van der Waals surface area (Å²) in [5.41, 5.74) is 5.35. The first-order valence-electron chi connectivity index (χ1n) is 13.9. The summed E-state index contributed by atoms with van der Waals surface area (Å²) in [5, 5.41) is 13.1. The third kappa shape index (κ3) is 8.47. The summed E-state index contributed by atoms with van der Waals surface area (Å²) in [6, 6.07) is 20.6. The van der Waals surface area contributed by atoms with E-state index in [4.69, 9.17) is 4.74 Å². The second-order valence-electron chi connectivity index (χ2n) is 10.0. The van der Waals surface area contributed by atoms with Crippen LogP contribution in [0.3, 0.4) is 0 Å². The topological polar surface area (TPSA) is 75.6 Å². The van der Waals surface area contributed by atoms with E-state index in [0.717, 1.165) is 47.3 Å². The molecule has 0 aliphatic carbocycles. The molecule has 0 saturated carbocycles. The molecule has 3 rings (SSSR count). The highest BCUT2D eigenvalue weighted by Gasteiger charge is 2.14. The van der Waals surface area contributed by atoms with Gasteiger partial charge in [-0.2, -0.15) is 0 Å². The molecule has 0 radical (unpaired) electrons. The molecule has 38 heavy (non-hydrogen) atoms. The number of carbonyl (C=O) groups is 2. The highest BCUT2D eigenvalue weighted by Crippen LogP contribution is 2.34. The van der Waals surface area contributed by atoms with Gasteiger partial charge in [0.2, 0.25) is 0 Å². The predicted octanol–water partition coefficient (Wildman–Crippen LogP) is 8.69. The van der Waals surface area contributed by atoms with E-state index in [0.29, 0.717) is 18.1 Å². The minimum absolute atomic E-state index is 0.220. The SMILES string of the molecule is CCCCCCCCNc1ccc(-c2ccc(C(=O)O)cc2-c2ccc(C(=O)OC[C@@H](C)CC)cc2)cc1. The van der Waals surface area contributed by atoms with E-state index >= 15 is 0 Å². The van der Waals surface area contributed by atoms with Crippen molar-refractivity contribution in [3.05, 3.63) is 77.9 Å². The number of hydrogen-bond donors (Lipinski definition) is 2. The Morgan fingerprint density at radius 2 is 1.39 bits per heavy atom. The molecule has 202 valence electrons. The highest BCUT2D eigenvalue weighted by molar-refractivity contribution is 5.94. The van der Waals surface area contributed by atoms with Crippen LogP contribution in [-0.2, 0) is 4.74 Å². The van der Waals surface area contributed by atoms with Gasteiger partial charge in [0.15, 0.2) is 0 Å². The molecule has 0 saturated heterocycles. The first kappa shape index (κ1) is 29.0. The summed E-state index contributed by atoms with van der Waals surface area (Å²) in [6.07, 6.45) is 8.56. The molecular weight excluding hydrogens is 474 g/mol. The summed E-state index contributed by atoms with van der Waals surface area (Å²) in [7, 11) is 0. The molecule has 0 unspecified atom stereocenters. The smallest absolute Gasteiger partial charge is 0.338 e. The van der Waals surface area contributed by atoms with Gasteiger partial charge in [0, 0.05) is 12.2 Å². The second-order valence-corrected chi connectivity index (χ2v) is 10.0. The van der Waals surface area contributed by atoms with Gasteiger partial charge in [0.05, 0.1) is 17.7 Å². The lowest BCUT2D eigenvalue weighted by Gasteiger charge is -2.14. The fourth-order valence-electron chi connectivity index (χ4n) is 4.28. The van der Waals surface area contributed by atoms with Gasteiger partial charge in [-0.1, -0.05) is 89.6 Å². The largest absolute Gasteiger partial charge is 0.478 e. The second kappa shape index (κ2) is 15.0. The van der Waals surface area contributed by atoms with E-state index in [-0.39, 0.29) is 11.5 Å². The maximum atomic E-state index is 12.4. The van der Waals surface area contributed by atoms with Crippen LogP contribution in [0, 0.1) is 5.92 Å². The van der Waals surface area contributed by atoms with Gasteiger partial charge in [-0.15, -0.1) is 0 Å². The van der Waals surface area contributed by atoms with Crippen LogP contribution in [-0.4, -0.2) is 30.2 Å². The normalized spacial score (nSPS) is 11.7. The van der Waals surface area contributed by atoms with Crippen molar-refractivity contribution in [3.8, 4) is 22.3 Å². The molecule has 0 aliphatic heterocycles. The number of unbranched alkanes of at least 4 members (excludes halogenated alkanes) is 5. The molecule has 5 nitrogen and oxygen atoms in total. The number of anilines is 1. The number of rotatable bonds is 15. The maximum Gasteiger partial charge on any atom is 0.338 e. The van der Waals surface area contributed by atoms with Crippen molar-refractivity contribution in [3.63, 3.8) is 0 Å². The molecule has 0 spiro atoms. The summed E-state index contributed by atoms with van der Waals surface area (Å²) in [6.45, 7) is 7.70. The first-order valence-corrected chi connectivity index (χ1v) is 13.9. The van der Waals surface area contributed by atoms with Crippen LogP contribution in [0.5, 0.6) is 0 Å².